The van der Waals surface area contributed by atoms with Crippen molar-refractivity contribution in [2.24, 2.45) is 5.92 Å². The van der Waals surface area contributed by atoms with Crippen molar-refractivity contribution in [1.29, 1.82) is 0 Å². The molecule has 2 atom stereocenters. The largest absolute Gasteiger partial charge is 0.305 e. The van der Waals surface area contributed by atoms with Crippen LogP contribution in [0.1, 0.15) is 26.7 Å². The minimum absolute atomic E-state index is 0.795. The molecule has 0 aromatic carbocycles. The molecule has 2 nitrogen and oxygen atoms in total. The molecule has 0 aromatic heterocycles. The quantitative estimate of drug-likeness (QED) is 0.656. The summed E-state index contributed by atoms with van der Waals surface area (Å²) in [6.07, 6.45) is 2.66. The van der Waals surface area contributed by atoms with Crippen LogP contribution < -0.4 is 0 Å². The van der Waals surface area contributed by atoms with Crippen LogP contribution in [-0.2, 0) is 0 Å². The van der Waals surface area contributed by atoms with Crippen LogP contribution in [0.5, 0.6) is 0 Å². The summed E-state index contributed by atoms with van der Waals surface area (Å²) >= 11 is 0. The van der Waals surface area contributed by atoms with Gasteiger partial charge in [0.15, 0.2) is 0 Å². The van der Waals surface area contributed by atoms with Crippen molar-refractivity contribution in [3.8, 4) is 0 Å². The maximum atomic E-state index is 2.61. The highest BCUT2D eigenvalue weighted by Gasteiger charge is 2.24. The predicted octanol–water partition coefficient (Wildman–Crippen LogP) is 1.67. The zero-order chi connectivity index (χ0) is 9.84. The lowest BCUT2D eigenvalue weighted by molar-refractivity contribution is 0.245. The fraction of sp³-hybridized carbons (Fsp3) is 1.00. The van der Waals surface area contributed by atoms with E-state index >= 15 is 0 Å². The number of hydrogen-bond acceptors (Lipinski definition) is 2. The van der Waals surface area contributed by atoms with Crippen LogP contribution in [0.15, 0.2) is 0 Å². The summed E-state index contributed by atoms with van der Waals surface area (Å²) < 4.78 is 0. The first-order valence-electron chi connectivity index (χ1n) is 5.52. The van der Waals surface area contributed by atoms with Crippen molar-refractivity contribution in [2.45, 2.75) is 32.7 Å². The van der Waals surface area contributed by atoms with Gasteiger partial charge in [0.25, 0.3) is 0 Å². The van der Waals surface area contributed by atoms with E-state index in [2.05, 4.69) is 37.7 Å². The highest BCUT2D eigenvalue weighted by atomic mass is 15.2. The van der Waals surface area contributed by atoms with Crippen molar-refractivity contribution >= 4 is 0 Å². The SMILES string of the molecule is CC[C@@H](C)CN1CCC(N(C)C)C1. The van der Waals surface area contributed by atoms with Gasteiger partial charge < -0.3 is 9.80 Å². The molecule has 0 bridgehead atoms. The molecule has 1 aliphatic heterocycles. The van der Waals surface area contributed by atoms with Crippen LogP contribution in [0.25, 0.3) is 0 Å². The zero-order valence-electron chi connectivity index (χ0n) is 9.58. The Morgan fingerprint density at radius 2 is 2.15 bits per heavy atom. The maximum Gasteiger partial charge on any atom is 0.0229 e. The van der Waals surface area contributed by atoms with E-state index in [0.29, 0.717) is 0 Å². The van der Waals surface area contributed by atoms with E-state index in [4.69, 9.17) is 0 Å². The normalized spacial score (nSPS) is 27.0. The van der Waals surface area contributed by atoms with Crippen LogP contribution in [-0.4, -0.2) is 49.6 Å². The molecular formula is C11H24N2. The van der Waals surface area contributed by atoms with Gasteiger partial charge in [0.1, 0.15) is 0 Å². The molecule has 1 aliphatic rings. The Morgan fingerprint density at radius 1 is 1.46 bits per heavy atom. The van der Waals surface area contributed by atoms with Gasteiger partial charge in [-0.25, -0.2) is 0 Å². The topological polar surface area (TPSA) is 6.48 Å². The van der Waals surface area contributed by atoms with E-state index in [9.17, 15) is 0 Å². The Balaban J connectivity index is 2.25. The summed E-state index contributed by atoms with van der Waals surface area (Å²) in [5.41, 5.74) is 0. The second kappa shape index (κ2) is 4.97. The zero-order valence-corrected chi connectivity index (χ0v) is 9.58. The molecule has 1 rings (SSSR count). The smallest absolute Gasteiger partial charge is 0.0229 e. The summed E-state index contributed by atoms with van der Waals surface area (Å²) in [6, 6.07) is 0.795. The molecule has 1 heterocycles. The van der Waals surface area contributed by atoms with Crippen molar-refractivity contribution in [3.05, 3.63) is 0 Å². The second-order valence-electron chi connectivity index (χ2n) is 4.68. The lowest BCUT2D eigenvalue weighted by Crippen LogP contribution is -2.33. The third-order valence-corrected chi connectivity index (χ3v) is 3.24. The number of nitrogens with zero attached hydrogens (tertiary/aromatic N) is 2. The molecular weight excluding hydrogens is 160 g/mol. The minimum atomic E-state index is 0.795. The number of likely N-dealkylation sites (N-methyl/N-ethyl adjacent to an activating group) is 1. The molecule has 0 saturated carbocycles. The Labute approximate surface area is 82.9 Å². The van der Waals surface area contributed by atoms with E-state index in [1.807, 2.05) is 0 Å². The first-order chi connectivity index (χ1) is 6.13. The average Bonchev–Trinajstić information content (AvgIpc) is 2.52. The first-order valence-corrected chi connectivity index (χ1v) is 5.52. The lowest BCUT2D eigenvalue weighted by Gasteiger charge is -2.22. The molecule has 13 heavy (non-hydrogen) atoms. The third-order valence-electron chi connectivity index (χ3n) is 3.24. The monoisotopic (exact) mass is 184 g/mol. The van der Waals surface area contributed by atoms with E-state index in [1.54, 1.807) is 0 Å². The number of rotatable bonds is 4. The summed E-state index contributed by atoms with van der Waals surface area (Å²) in [5, 5.41) is 0. The summed E-state index contributed by atoms with van der Waals surface area (Å²) in [5.74, 6) is 0.862. The van der Waals surface area contributed by atoms with E-state index < -0.39 is 0 Å². The standard InChI is InChI=1S/C11H24N2/c1-5-10(2)8-13-7-6-11(9-13)12(3)4/h10-11H,5-9H2,1-4H3/t10-,11?/m1/s1. The highest BCUT2D eigenvalue weighted by Crippen LogP contribution is 2.15. The highest BCUT2D eigenvalue weighted by molar-refractivity contribution is 4.81. The van der Waals surface area contributed by atoms with E-state index in [1.165, 1.54) is 32.5 Å². The molecule has 0 amide bonds. The van der Waals surface area contributed by atoms with Crippen LogP contribution in [0.2, 0.25) is 0 Å². The molecule has 2 heteroatoms. The van der Waals surface area contributed by atoms with Gasteiger partial charge in [-0.1, -0.05) is 20.3 Å². The van der Waals surface area contributed by atoms with E-state index in [-0.39, 0.29) is 0 Å². The molecule has 0 spiro atoms. The van der Waals surface area contributed by atoms with Gasteiger partial charge in [0.05, 0.1) is 0 Å². The average molecular weight is 184 g/mol. The van der Waals surface area contributed by atoms with Gasteiger partial charge >= 0.3 is 0 Å². The van der Waals surface area contributed by atoms with E-state index in [0.717, 1.165) is 12.0 Å². The number of hydrogen-bond donors (Lipinski definition) is 0. The molecule has 1 unspecified atom stereocenters. The molecule has 0 aromatic rings. The van der Waals surface area contributed by atoms with Crippen LogP contribution in [0.3, 0.4) is 0 Å². The summed E-state index contributed by atoms with van der Waals surface area (Å²) in [4.78, 5) is 4.97. The Bertz CT molecular complexity index is 145. The second-order valence-corrected chi connectivity index (χ2v) is 4.68. The lowest BCUT2D eigenvalue weighted by atomic mass is 10.1. The van der Waals surface area contributed by atoms with Crippen molar-refractivity contribution in [1.82, 2.24) is 9.80 Å². The summed E-state index contributed by atoms with van der Waals surface area (Å²) in [6.45, 7) is 8.50. The van der Waals surface area contributed by atoms with Gasteiger partial charge in [-0.3, -0.25) is 0 Å². The van der Waals surface area contributed by atoms with Crippen molar-refractivity contribution < 1.29 is 0 Å². The van der Waals surface area contributed by atoms with Gasteiger partial charge in [-0.2, -0.15) is 0 Å². The maximum absolute atomic E-state index is 2.61. The number of likely N-dealkylation sites (tertiary alicyclic amines) is 1. The molecule has 0 radical (unpaired) electrons. The van der Waals surface area contributed by atoms with Gasteiger partial charge in [0, 0.05) is 19.1 Å². The van der Waals surface area contributed by atoms with Gasteiger partial charge in [-0.15, -0.1) is 0 Å². The van der Waals surface area contributed by atoms with Gasteiger partial charge in [-0.05, 0) is 33.0 Å². The Kier molecular flexibility index (Phi) is 4.20. The first kappa shape index (κ1) is 11.0. The molecule has 78 valence electrons. The predicted molar refractivity (Wildman–Crippen MR) is 58.0 cm³/mol. The fourth-order valence-corrected chi connectivity index (χ4v) is 1.97. The molecule has 0 aliphatic carbocycles. The molecule has 0 N–H and O–H groups in total. The Hall–Kier alpha value is -0.0800. The van der Waals surface area contributed by atoms with Crippen molar-refractivity contribution in [3.63, 3.8) is 0 Å². The van der Waals surface area contributed by atoms with Crippen LogP contribution >= 0.6 is 0 Å². The fourth-order valence-electron chi connectivity index (χ4n) is 1.97. The van der Waals surface area contributed by atoms with Crippen LogP contribution in [0, 0.1) is 5.92 Å². The van der Waals surface area contributed by atoms with Gasteiger partial charge in [0.2, 0.25) is 0 Å². The minimum Gasteiger partial charge on any atom is -0.305 e. The third kappa shape index (κ3) is 3.28. The molecule has 1 fully saturated rings. The van der Waals surface area contributed by atoms with Crippen LogP contribution in [0.4, 0.5) is 0 Å². The van der Waals surface area contributed by atoms with Crippen molar-refractivity contribution in [2.75, 3.05) is 33.7 Å². The Morgan fingerprint density at radius 3 is 2.62 bits per heavy atom. The molecule has 1 saturated heterocycles. The summed E-state index contributed by atoms with van der Waals surface area (Å²) in [7, 11) is 4.38.